The minimum absolute atomic E-state index is 0.0707. The van der Waals surface area contributed by atoms with Crippen LogP contribution in [0.2, 0.25) is 5.02 Å². The second-order valence-electron chi connectivity index (χ2n) is 3.26. The van der Waals surface area contributed by atoms with Crippen molar-refractivity contribution in [2.24, 2.45) is 0 Å². The molecule has 0 amide bonds. The maximum absolute atomic E-state index is 11.6. The number of carboxylic acid groups (broad SMARTS) is 1. The van der Waals surface area contributed by atoms with Gasteiger partial charge in [0.1, 0.15) is 23.5 Å². The molecule has 0 saturated carbocycles. The van der Waals surface area contributed by atoms with Crippen LogP contribution in [0.3, 0.4) is 0 Å². The molecule has 0 saturated heterocycles. The van der Waals surface area contributed by atoms with Gasteiger partial charge in [-0.15, -0.1) is 0 Å². The first-order valence-electron chi connectivity index (χ1n) is 4.77. The molecule has 3 N–H and O–H groups in total. The van der Waals surface area contributed by atoms with Crippen molar-refractivity contribution in [3.05, 3.63) is 45.7 Å². The number of hydrogen-bond acceptors (Lipinski definition) is 5. The van der Waals surface area contributed by atoms with Crippen LogP contribution in [0.1, 0.15) is 10.5 Å². The Bertz CT molecular complexity index is 641. The van der Waals surface area contributed by atoms with Gasteiger partial charge in [-0.05, 0) is 12.1 Å². The van der Waals surface area contributed by atoms with Crippen LogP contribution < -0.4 is 10.9 Å². The second kappa shape index (κ2) is 4.84. The number of aromatic nitrogens is 3. The number of hydrogen-bond donors (Lipinski definition) is 3. The Hall–Kier alpha value is -2.41. The highest BCUT2D eigenvalue weighted by Gasteiger charge is 2.13. The van der Waals surface area contributed by atoms with Crippen molar-refractivity contribution in [1.82, 2.24) is 15.0 Å². The lowest BCUT2D eigenvalue weighted by molar-refractivity contribution is 0.0690. The van der Waals surface area contributed by atoms with Gasteiger partial charge in [0.25, 0.3) is 5.56 Å². The Kier molecular flexibility index (Phi) is 3.24. The van der Waals surface area contributed by atoms with Crippen molar-refractivity contribution in [2.45, 2.75) is 0 Å². The third-order valence-corrected chi connectivity index (χ3v) is 2.35. The van der Waals surface area contributed by atoms with Gasteiger partial charge in [-0.3, -0.25) is 4.79 Å². The molecule has 2 rings (SSSR count). The SMILES string of the molecule is O=C(O)c1[nH]c(=O)c(Nc2ccncn2)cc1Cl. The lowest BCUT2D eigenvalue weighted by atomic mass is 10.3. The minimum Gasteiger partial charge on any atom is -0.477 e. The van der Waals surface area contributed by atoms with E-state index in [0.717, 1.165) is 0 Å². The monoisotopic (exact) mass is 266 g/mol. The van der Waals surface area contributed by atoms with Crippen LogP contribution in [0.25, 0.3) is 0 Å². The van der Waals surface area contributed by atoms with Gasteiger partial charge in [-0.2, -0.15) is 0 Å². The maximum Gasteiger partial charge on any atom is 0.353 e. The van der Waals surface area contributed by atoms with Gasteiger partial charge in [0, 0.05) is 6.20 Å². The second-order valence-corrected chi connectivity index (χ2v) is 3.67. The quantitative estimate of drug-likeness (QED) is 0.772. The summed E-state index contributed by atoms with van der Waals surface area (Å²) in [6, 6.07) is 2.78. The Morgan fingerprint density at radius 1 is 1.50 bits per heavy atom. The number of nitrogens with one attached hydrogen (secondary N) is 2. The Labute approximate surface area is 105 Å². The molecular formula is C10H7ClN4O3. The van der Waals surface area contributed by atoms with Gasteiger partial charge in [-0.1, -0.05) is 11.6 Å². The number of halogens is 1. The fourth-order valence-corrected chi connectivity index (χ4v) is 1.49. The van der Waals surface area contributed by atoms with Gasteiger partial charge in [0.05, 0.1) is 5.02 Å². The van der Waals surface area contributed by atoms with E-state index < -0.39 is 11.5 Å². The molecule has 0 aromatic carbocycles. The third-order valence-electron chi connectivity index (χ3n) is 2.05. The Morgan fingerprint density at radius 3 is 2.89 bits per heavy atom. The van der Waals surface area contributed by atoms with Crippen molar-refractivity contribution in [3.8, 4) is 0 Å². The molecule has 0 aliphatic carbocycles. The van der Waals surface area contributed by atoms with E-state index in [0.29, 0.717) is 5.82 Å². The number of carboxylic acids is 1. The molecule has 0 radical (unpaired) electrons. The highest BCUT2D eigenvalue weighted by atomic mass is 35.5. The first kappa shape index (κ1) is 12.1. The number of pyridine rings is 1. The number of rotatable bonds is 3. The zero-order chi connectivity index (χ0) is 13.1. The van der Waals surface area contributed by atoms with Crippen molar-refractivity contribution in [2.75, 3.05) is 5.32 Å². The summed E-state index contributed by atoms with van der Waals surface area (Å²) in [6.07, 6.45) is 2.81. The molecule has 0 spiro atoms. The zero-order valence-electron chi connectivity index (χ0n) is 8.85. The summed E-state index contributed by atoms with van der Waals surface area (Å²) < 4.78 is 0. The van der Waals surface area contributed by atoms with Gasteiger partial charge < -0.3 is 15.4 Å². The molecule has 2 aromatic rings. The van der Waals surface area contributed by atoms with Crippen molar-refractivity contribution < 1.29 is 9.90 Å². The van der Waals surface area contributed by atoms with Gasteiger partial charge in [0.2, 0.25) is 0 Å². The molecule has 0 atom stereocenters. The molecule has 0 aliphatic heterocycles. The number of nitrogens with zero attached hydrogens (tertiary/aromatic N) is 2. The number of carbonyl (C=O) groups is 1. The Balaban J connectivity index is 2.39. The molecular weight excluding hydrogens is 260 g/mol. The largest absolute Gasteiger partial charge is 0.477 e. The summed E-state index contributed by atoms with van der Waals surface area (Å²) in [7, 11) is 0. The van der Waals surface area contributed by atoms with Crippen LogP contribution in [-0.2, 0) is 0 Å². The van der Waals surface area contributed by atoms with Crippen molar-refractivity contribution in [3.63, 3.8) is 0 Å². The van der Waals surface area contributed by atoms with E-state index in [1.165, 1.54) is 18.6 Å². The number of aromatic carboxylic acids is 1. The van der Waals surface area contributed by atoms with Crippen LogP contribution >= 0.6 is 11.6 Å². The van der Waals surface area contributed by atoms with Crippen LogP contribution in [0.4, 0.5) is 11.5 Å². The third kappa shape index (κ3) is 2.46. The maximum atomic E-state index is 11.6. The summed E-state index contributed by atoms with van der Waals surface area (Å²) in [5.41, 5.74) is -0.853. The minimum atomic E-state index is -1.30. The summed E-state index contributed by atoms with van der Waals surface area (Å²) >= 11 is 5.74. The van der Waals surface area contributed by atoms with Crippen LogP contribution in [0.15, 0.2) is 29.5 Å². The number of H-pyrrole nitrogens is 1. The zero-order valence-corrected chi connectivity index (χ0v) is 9.60. The fraction of sp³-hybridized carbons (Fsp3) is 0. The predicted octanol–water partition coefficient (Wildman–Crippen LogP) is 1.26. The molecule has 0 bridgehead atoms. The number of aromatic amines is 1. The normalized spacial score (nSPS) is 10.1. The standard InChI is InChI=1S/C10H7ClN4O3/c11-5-3-6(9(16)15-8(5)10(17)18)14-7-1-2-12-4-13-7/h1-4H,(H,15,16)(H,17,18)(H,12,13,14). The molecule has 0 unspecified atom stereocenters. The molecule has 2 aromatic heterocycles. The number of anilines is 2. The molecule has 0 fully saturated rings. The van der Waals surface area contributed by atoms with Crippen LogP contribution in [0.5, 0.6) is 0 Å². The van der Waals surface area contributed by atoms with E-state index in [4.69, 9.17) is 16.7 Å². The van der Waals surface area contributed by atoms with E-state index >= 15 is 0 Å². The predicted molar refractivity (Wildman–Crippen MR) is 64.3 cm³/mol. The van der Waals surface area contributed by atoms with E-state index in [1.54, 1.807) is 6.07 Å². The summed E-state index contributed by atoms with van der Waals surface area (Å²) in [6.45, 7) is 0. The topological polar surface area (TPSA) is 108 Å². The Morgan fingerprint density at radius 2 is 2.28 bits per heavy atom. The van der Waals surface area contributed by atoms with Gasteiger partial charge >= 0.3 is 5.97 Å². The molecule has 7 nitrogen and oxygen atoms in total. The first-order chi connectivity index (χ1) is 8.58. The van der Waals surface area contributed by atoms with E-state index in [1.807, 2.05) is 0 Å². The highest BCUT2D eigenvalue weighted by molar-refractivity contribution is 6.33. The molecule has 92 valence electrons. The molecule has 2 heterocycles. The summed E-state index contributed by atoms with van der Waals surface area (Å²) in [4.78, 5) is 32.1. The lowest BCUT2D eigenvalue weighted by Gasteiger charge is -2.05. The fourth-order valence-electron chi connectivity index (χ4n) is 1.26. The smallest absolute Gasteiger partial charge is 0.353 e. The summed E-state index contributed by atoms with van der Waals surface area (Å²) in [5, 5.41) is 11.4. The van der Waals surface area contributed by atoms with Crippen LogP contribution in [-0.4, -0.2) is 26.0 Å². The average Bonchev–Trinajstić information content (AvgIpc) is 2.34. The molecule has 0 aliphatic rings. The molecule has 18 heavy (non-hydrogen) atoms. The van der Waals surface area contributed by atoms with E-state index in [-0.39, 0.29) is 16.4 Å². The van der Waals surface area contributed by atoms with Gasteiger partial charge in [0.15, 0.2) is 0 Å². The van der Waals surface area contributed by atoms with E-state index in [9.17, 15) is 9.59 Å². The molecule has 8 heteroatoms. The van der Waals surface area contributed by atoms with Gasteiger partial charge in [-0.25, -0.2) is 14.8 Å². The van der Waals surface area contributed by atoms with Crippen LogP contribution in [0, 0.1) is 0 Å². The van der Waals surface area contributed by atoms with E-state index in [2.05, 4.69) is 20.3 Å². The lowest BCUT2D eigenvalue weighted by Crippen LogP contribution is -2.16. The summed E-state index contributed by atoms with van der Waals surface area (Å²) in [5.74, 6) is -0.902. The van der Waals surface area contributed by atoms with Crippen molar-refractivity contribution in [1.29, 1.82) is 0 Å². The average molecular weight is 267 g/mol. The highest BCUT2D eigenvalue weighted by Crippen LogP contribution is 2.17. The van der Waals surface area contributed by atoms with Crippen molar-refractivity contribution >= 4 is 29.1 Å². The first-order valence-corrected chi connectivity index (χ1v) is 5.15.